The number of likely N-dealkylation sites (tertiary alicyclic amines) is 1. The van der Waals surface area contributed by atoms with Crippen molar-refractivity contribution in [2.45, 2.75) is 19.9 Å². The third-order valence-corrected chi connectivity index (χ3v) is 4.42. The van der Waals surface area contributed by atoms with Crippen LogP contribution in [0.2, 0.25) is 0 Å². The van der Waals surface area contributed by atoms with E-state index in [0.29, 0.717) is 6.54 Å². The maximum Gasteiger partial charge on any atom is 0.328 e. The van der Waals surface area contributed by atoms with Gasteiger partial charge in [-0.05, 0) is 5.56 Å². The van der Waals surface area contributed by atoms with E-state index in [0.717, 1.165) is 10.1 Å². The molecule has 2 aromatic rings. The molecular weight excluding hydrogens is 294 g/mol. The number of rotatable bonds is 2. The number of carbonyl (C=O) groups is 1. The van der Waals surface area contributed by atoms with Crippen molar-refractivity contribution in [3.8, 4) is 0 Å². The monoisotopic (exact) mass is 313 g/mol. The van der Waals surface area contributed by atoms with Crippen molar-refractivity contribution in [1.82, 2.24) is 14.5 Å². The zero-order chi connectivity index (χ0) is 16.8. The zero-order valence-electron chi connectivity index (χ0n) is 13.4. The summed E-state index contributed by atoms with van der Waals surface area (Å²) in [5, 5.41) is 0. The molecule has 1 aliphatic rings. The highest BCUT2D eigenvalue weighted by atomic mass is 16.2. The van der Waals surface area contributed by atoms with Crippen molar-refractivity contribution in [2.24, 2.45) is 12.5 Å². The second kappa shape index (κ2) is 5.22. The highest BCUT2D eigenvalue weighted by Crippen LogP contribution is 2.48. The number of hydrogen-bond acceptors (Lipinski definition) is 3. The van der Waals surface area contributed by atoms with E-state index in [1.165, 1.54) is 13.2 Å². The molecule has 0 aliphatic carbocycles. The van der Waals surface area contributed by atoms with Gasteiger partial charge in [0, 0.05) is 25.2 Å². The Balaban J connectivity index is 1.99. The first-order valence-electron chi connectivity index (χ1n) is 7.47. The highest BCUT2D eigenvalue weighted by Gasteiger charge is 2.49. The summed E-state index contributed by atoms with van der Waals surface area (Å²) in [6.45, 7) is 4.76. The van der Waals surface area contributed by atoms with Gasteiger partial charge < -0.3 is 9.88 Å². The minimum atomic E-state index is -0.574. The summed E-state index contributed by atoms with van der Waals surface area (Å²) in [4.78, 5) is 40.5. The Bertz CT molecular complexity index is 865. The summed E-state index contributed by atoms with van der Waals surface area (Å²) in [5.74, 6) is -0.352. The van der Waals surface area contributed by atoms with Crippen molar-refractivity contribution >= 4 is 5.91 Å². The van der Waals surface area contributed by atoms with Crippen LogP contribution in [-0.2, 0) is 7.05 Å². The van der Waals surface area contributed by atoms with Crippen LogP contribution in [-0.4, -0.2) is 26.9 Å². The Kier molecular flexibility index (Phi) is 3.47. The lowest BCUT2D eigenvalue weighted by molar-refractivity contribution is -0.0324. The molecule has 0 bridgehead atoms. The quantitative estimate of drug-likeness (QED) is 0.908. The maximum atomic E-state index is 12.8. The molecule has 3 rings (SSSR count). The SMILES string of the molecule is Cn1c(=O)[nH]cc(C(=O)N2CC(C)(C)C2c2ccccc2)c1=O. The van der Waals surface area contributed by atoms with Crippen LogP contribution in [0.3, 0.4) is 0 Å². The topological polar surface area (TPSA) is 75.2 Å². The van der Waals surface area contributed by atoms with Gasteiger partial charge in [0.05, 0.1) is 6.04 Å². The predicted molar refractivity (Wildman–Crippen MR) is 86.3 cm³/mol. The van der Waals surface area contributed by atoms with E-state index in [1.807, 2.05) is 30.3 Å². The Morgan fingerprint density at radius 1 is 1.22 bits per heavy atom. The van der Waals surface area contributed by atoms with Gasteiger partial charge in [0.25, 0.3) is 11.5 Å². The number of aromatic amines is 1. The van der Waals surface area contributed by atoms with Crippen molar-refractivity contribution in [1.29, 1.82) is 0 Å². The van der Waals surface area contributed by atoms with Crippen LogP contribution in [0.1, 0.15) is 35.8 Å². The normalized spacial score (nSPS) is 19.3. The molecule has 1 fully saturated rings. The first-order chi connectivity index (χ1) is 10.8. The Morgan fingerprint density at radius 3 is 2.48 bits per heavy atom. The molecule has 0 saturated carbocycles. The number of nitrogens with one attached hydrogen (secondary N) is 1. The fourth-order valence-corrected chi connectivity index (χ4v) is 3.26. The van der Waals surface area contributed by atoms with Gasteiger partial charge in [-0.15, -0.1) is 0 Å². The average Bonchev–Trinajstić information content (AvgIpc) is 2.51. The molecule has 1 N–H and O–H groups in total. The minimum absolute atomic E-state index is 0.0106. The van der Waals surface area contributed by atoms with E-state index in [2.05, 4.69) is 18.8 Å². The Morgan fingerprint density at radius 2 is 1.87 bits per heavy atom. The second-order valence-electron chi connectivity index (χ2n) is 6.61. The van der Waals surface area contributed by atoms with Crippen LogP contribution in [0.4, 0.5) is 0 Å². The molecule has 1 aromatic heterocycles. The summed E-state index contributed by atoms with van der Waals surface area (Å²) in [6, 6.07) is 9.68. The van der Waals surface area contributed by atoms with Gasteiger partial charge in [-0.2, -0.15) is 0 Å². The number of amides is 1. The molecule has 1 aliphatic heterocycles. The van der Waals surface area contributed by atoms with Crippen LogP contribution in [0.5, 0.6) is 0 Å². The predicted octanol–water partition coefficient (Wildman–Crippen LogP) is 1.30. The van der Waals surface area contributed by atoms with Crippen LogP contribution >= 0.6 is 0 Å². The fraction of sp³-hybridized carbons (Fsp3) is 0.353. The lowest BCUT2D eigenvalue weighted by Gasteiger charge is -2.54. The van der Waals surface area contributed by atoms with Gasteiger partial charge in [-0.25, -0.2) is 4.79 Å². The van der Waals surface area contributed by atoms with E-state index in [4.69, 9.17) is 0 Å². The molecule has 1 aromatic carbocycles. The Hall–Kier alpha value is -2.63. The van der Waals surface area contributed by atoms with E-state index < -0.39 is 11.2 Å². The van der Waals surface area contributed by atoms with Gasteiger partial charge in [0.1, 0.15) is 5.56 Å². The fourth-order valence-electron chi connectivity index (χ4n) is 3.26. The molecule has 1 unspecified atom stereocenters. The minimum Gasteiger partial charge on any atom is -0.330 e. The van der Waals surface area contributed by atoms with Crippen molar-refractivity contribution in [3.63, 3.8) is 0 Å². The number of hydrogen-bond donors (Lipinski definition) is 1. The van der Waals surface area contributed by atoms with Crippen LogP contribution < -0.4 is 11.2 Å². The number of benzene rings is 1. The van der Waals surface area contributed by atoms with E-state index in [-0.39, 0.29) is 22.9 Å². The summed E-state index contributed by atoms with van der Waals surface area (Å²) >= 11 is 0. The second-order valence-corrected chi connectivity index (χ2v) is 6.61. The molecule has 1 saturated heterocycles. The van der Waals surface area contributed by atoms with Gasteiger partial charge in [0.15, 0.2) is 0 Å². The lowest BCUT2D eigenvalue weighted by atomic mass is 9.71. The van der Waals surface area contributed by atoms with E-state index >= 15 is 0 Å². The van der Waals surface area contributed by atoms with Gasteiger partial charge >= 0.3 is 5.69 Å². The van der Waals surface area contributed by atoms with Crippen LogP contribution in [0.15, 0.2) is 46.1 Å². The average molecular weight is 313 g/mol. The summed E-state index contributed by atoms with van der Waals surface area (Å²) in [6.07, 6.45) is 1.21. The van der Waals surface area contributed by atoms with E-state index in [9.17, 15) is 14.4 Å². The molecule has 23 heavy (non-hydrogen) atoms. The summed E-state index contributed by atoms with van der Waals surface area (Å²) in [7, 11) is 1.35. The largest absolute Gasteiger partial charge is 0.330 e. The van der Waals surface area contributed by atoms with Gasteiger partial charge in [0.2, 0.25) is 0 Å². The molecule has 1 atom stereocenters. The molecule has 2 heterocycles. The highest BCUT2D eigenvalue weighted by molar-refractivity contribution is 5.94. The molecule has 0 radical (unpaired) electrons. The molecular formula is C17H19N3O3. The number of carbonyl (C=O) groups excluding carboxylic acids is 1. The van der Waals surface area contributed by atoms with Gasteiger partial charge in [-0.1, -0.05) is 44.2 Å². The summed E-state index contributed by atoms with van der Waals surface area (Å²) in [5.41, 5.74) is -0.142. The smallest absolute Gasteiger partial charge is 0.328 e. The molecule has 6 heteroatoms. The third-order valence-electron chi connectivity index (χ3n) is 4.42. The zero-order valence-corrected chi connectivity index (χ0v) is 13.4. The standard InChI is InChI=1S/C17H19N3O3/c1-17(2)10-20(13(17)11-7-5-4-6-8-11)15(22)12-9-18-16(23)19(3)14(12)21/h4-9,13H,10H2,1-3H3,(H,18,23). The molecule has 1 amide bonds. The Labute approximate surface area is 133 Å². The van der Waals surface area contributed by atoms with Crippen LogP contribution in [0.25, 0.3) is 0 Å². The van der Waals surface area contributed by atoms with Crippen molar-refractivity contribution in [2.75, 3.05) is 6.54 Å². The maximum absolute atomic E-state index is 12.8. The van der Waals surface area contributed by atoms with E-state index in [1.54, 1.807) is 4.90 Å². The van der Waals surface area contributed by atoms with Crippen LogP contribution in [0, 0.1) is 5.41 Å². The molecule has 120 valence electrons. The lowest BCUT2D eigenvalue weighted by Crippen LogP contribution is -2.58. The first-order valence-corrected chi connectivity index (χ1v) is 7.47. The van der Waals surface area contributed by atoms with Crippen molar-refractivity contribution in [3.05, 3.63) is 68.5 Å². The summed E-state index contributed by atoms with van der Waals surface area (Å²) < 4.78 is 0.912. The molecule has 0 spiro atoms. The first kappa shape index (κ1) is 15.3. The number of nitrogens with zero attached hydrogens (tertiary/aromatic N) is 2. The van der Waals surface area contributed by atoms with Crippen molar-refractivity contribution < 1.29 is 4.79 Å². The van der Waals surface area contributed by atoms with Gasteiger partial charge in [-0.3, -0.25) is 14.2 Å². The molecule has 6 nitrogen and oxygen atoms in total. The number of aromatic nitrogens is 2. The number of H-pyrrole nitrogens is 1. The third kappa shape index (κ3) is 2.40.